The van der Waals surface area contributed by atoms with Crippen molar-refractivity contribution in [2.24, 2.45) is 0 Å². The number of Topliss-reactive ketones (excluding diaryl/α,β-unsaturated/α-hetero) is 1. The second kappa shape index (κ2) is 5.34. The van der Waals surface area contributed by atoms with Gasteiger partial charge >= 0.3 is 0 Å². The Morgan fingerprint density at radius 2 is 2.30 bits per heavy atom. The lowest BCUT2D eigenvalue weighted by molar-refractivity contribution is -0.122. The number of rotatable bonds is 5. The first kappa shape index (κ1) is 9.55. The Morgan fingerprint density at radius 1 is 1.70 bits per heavy atom. The van der Waals surface area contributed by atoms with Crippen LogP contribution in [0.25, 0.3) is 0 Å². The number of hydrogen-bond acceptors (Lipinski definition) is 4. The highest BCUT2D eigenvalue weighted by Gasteiger charge is 2.01. The molecule has 0 aromatic rings. The molecule has 0 aliphatic heterocycles. The molecule has 0 rings (SSSR count). The predicted molar refractivity (Wildman–Crippen MR) is 34.6 cm³/mol. The summed E-state index contributed by atoms with van der Waals surface area (Å²) in [5.74, 6) is -0.0925. The molecule has 4 heteroatoms. The molecule has 0 aromatic carbocycles. The smallest absolute Gasteiger partial charge is 0.155 e. The second-order valence-electron chi connectivity index (χ2n) is 2.05. The third-order valence-corrected chi connectivity index (χ3v) is 0.826. The molecule has 0 amide bonds. The predicted octanol–water partition coefficient (Wildman–Crippen LogP) is -1.05. The minimum absolute atomic E-state index is 0.00292. The summed E-state index contributed by atoms with van der Waals surface area (Å²) in [6, 6.07) is 0. The van der Waals surface area contributed by atoms with Crippen LogP contribution >= 0.6 is 0 Å². The first-order valence-electron chi connectivity index (χ1n) is 3.03. The van der Waals surface area contributed by atoms with Gasteiger partial charge in [0.1, 0.15) is 12.7 Å². The van der Waals surface area contributed by atoms with Crippen molar-refractivity contribution in [3.05, 3.63) is 0 Å². The van der Waals surface area contributed by atoms with Gasteiger partial charge in [-0.15, -0.1) is 0 Å². The van der Waals surface area contributed by atoms with E-state index in [0.717, 1.165) is 0 Å². The lowest BCUT2D eigenvalue weighted by Gasteiger charge is -2.05. The van der Waals surface area contributed by atoms with Crippen molar-refractivity contribution in [1.29, 1.82) is 0 Å². The Bertz CT molecular complexity index is 102. The summed E-state index contributed by atoms with van der Waals surface area (Å²) in [5.41, 5.74) is 0. The summed E-state index contributed by atoms with van der Waals surface area (Å²) in [6.45, 7) is 1.07. The van der Waals surface area contributed by atoms with E-state index >= 15 is 0 Å². The van der Waals surface area contributed by atoms with E-state index in [1.807, 2.05) is 0 Å². The molecular weight excluding hydrogens is 136 g/mol. The SMILES string of the molecule is CC(=O)COC[C@H](O)CO. The average Bonchev–Trinajstić information content (AvgIpc) is 1.87. The van der Waals surface area contributed by atoms with Crippen molar-refractivity contribution in [3.63, 3.8) is 0 Å². The fourth-order valence-corrected chi connectivity index (χ4v) is 0.391. The Balaban J connectivity index is 3.11. The number of carbonyl (C=O) groups excluding carboxylic acids is 1. The Kier molecular flexibility index (Phi) is 5.10. The lowest BCUT2D eigenvalue weighted by atomic mass is 10.4. The van der Waals surface area contributed by atoms with Gasteiger partial charge in [0.15, 0.2) is 5.78 Å². The molecule has 0 radical (unpaired) electrons. The highest BCUT2D eigenvalue weighted by atomic mass is 16.5. The van der Waals surface area contributed by atoms with Crippen molar-refractivity contribution in [2.75, 3.05) is 19.8 Å². The monoisotopic (exact) mass is 148 g/mol. The highest BCUT2D eigenvalue weighted by Crippen LogP contribution is 1.83. The van der Waals surface area contributed by atoms with Crippen molar-refractivity contribution >= 4 is 5.78 Å². The third-order valence-electron chi connectivity index (χ3n) is 0.826. The van der Waals surface area contributed by atoms with Crippen LogP contribution in [-0.2, 0) is 9.53 Å². The maximum atomic E-state index is 10.2. The Morgan fingerprint density at radius 3 is 2.70 bits per heavy atom. The van der Waals surface area contributed by atoms with Gasteiger partial charge in [0.05, 0.1) is 13.2 Å². The van der Waals surface area contributed by atoms with Crippen LogP contribution in [0.5, 0.6) is 0 Å². The van der Waals surface area contributed by atoms with Crippen LogP contribution in [0, 0.1) is 0 Å². The first-order chi connectivity index (χ1) is 4.66. The van der Waals surface area contributed by atoms with Crippen molar-refractivity contribution in [2.45, 2.75) is 13.0 Å². The fourth-order valence-electron chi connectivity index (χ4n) is 0.391. The zero-order valence-electron chi connectivity index (χ0n) is 5.91. The van der Waals surface area contributed by atoms with Gasteiger partial charge in [-0.05, 0) is 6.92 Å². The fraction of sp³-hybridized carbons (Fsp3) is 0.833. The van der Waals surface area contributed by atoms with Crippen LogP contribution < -0.4 is 0 Å². The topological polar surface area (TPSA) is 66.8 Å². The number of ketones is 1. The molecule has 0 saturated heterocycles. The van der Waals surface area contributed by atoms with Gasteiger partial charge in [0, 0.05) is 0 Å². The molecule has 1 atom stereocenters. The minimum Gasteiger partial charge on any atom is -0.394 e. The normalized spacial score (nSPS) is 13.1. The molecule has 60 valence electrons. The number of ether oxygens (including phenoxy) is 1. The van der Waals surface area contributed by atoms with Crippen molar-refractivity contribution in [1.82, 2.24) is 0 Å². The van der Waals surface area contributed by atoms with Crippen molar-refractivity contribution in [3.8, 4) is 0 Å². The van der Waals surface area contributed by atoms with Gasteiger partial charge in [0.25, 0.3) is 0 Å². The lowest BCUT2D eigenvalue weighted by Crippen LogP contribution is -2.21. The summed E-state index contributed by atoms with van der Waals surface area (Å²) in [7, 11) is 0. The highest BCUT2D eigenvalue weighted by molar-refractivity contribution is 5.76. The molecule has 0 unspecified atom stereocenters. The van der Waals surface area contributed by atoms with Crippen LogP contribution in [0.1, 0.15) is 6.92 Å². The second-order valence-corrected chi connectivity index (χ2v) is 2.05. The van der Waals surface area contributed by atoms with Gasteiger partial charge in [-0.25, -0.2) is 0 Å². The van der Waals surface area contributed by atoms with E-state index in [9.17, 15) is 4.79 Å². The van der Waals surface area contributed by atoms with Gasteiger partial charge in [-0.3, -0.25) is 4.79 Å². The largest absolute Gasteiger partial charge is 0.394 e. The van der Waals surface area contributed by atoms with Crippen LogP contribution in [-0.4, -0.2) is 41.9 Å². The molecular formula is C6H12O4. The molecule has 2 N–H and O–H groups in total. The maximum absolute atomic E-state index is 10.2. The molecule has 0 aliphatic rings. The molecule has 0 saturated carbocycles. The number of aliphatic hydroxyl groups is 2. The van der Waals surface area contributed by atoms with Crippen LogP contribution in [0.15, 0.2) is 0 Å². The van der Waals surface area contributed by atoms with Crippen LogP contribution in [0.3, 0.4) is 0 Å². The van der Waals surface area contributed by atoms with E-state index in [-0.39, 0.29) is 25.6 Å². The summed E-state index contributed by atoms with van der Waals surface area (Å²) < 4.78 is 4.69. The minimum atomic E-state index is -0.876. The van der Waals surface area contributed by atoms with Gasteiger partial charge in [-0.1, -0.05) is 0 Å². The molecule has 0 bridgehead atoms. The maximum Gasteiger partial charge on any atom is 0.155 e. The molecule has 0 aliphatic carbocycles. The van der Waals surface area contributed by atoms with Crippen LogP contribution in [0.4, 0.5) is 0 Å². The summed E-state index contributed by atoms with van der Waals surface area (Å²) in [4.78, 5) is 10.2. The molecule has 4 nitrogen and oxygen atoms in total. The first-order valence-corrected chi connectivity index (χ1v) is 3.03. The van der Waals surface area contributed by atoms with Gasteiger partial charge in [-0.2, -0.15) is 0 Å². The Labute approximate surface area is 59.4 Å². The number of aliphatic hydroxyl groups excluding tert-OH is 2. The molecule has 10 heavy (non-hydrogen) atoms. The molecule has 0 fully saturated rings. The quantitative estimate of drug-likeness (QED) is 0.522. The summed E-state index contributed by atoms with van der Waals surface area (Å²) in [5, 5.41) is 17.0. The Hall–Kier alpha value is -0.450. The molecule has 0 aromatic heterocycles. The number of carbonyl (C=O) groups is 1. The van der Waals surface area contributed by atoms with Crippen molar-refractivity contribution < 1.29 is 19.7 Å². The van der Waals surface area contributed by atoms with E-state index in [0.29, 0.717) is 0 Å². The summed E-state index contributed by atoms with van der Waals surface area (Å²) >= 11 is 0. The zero-order chi connectivity index (χ0) is 7.98. The summed E-state index contributed by atoms with van der Waals surface area (Å²) in [6.07, 6.45) is -0.876. The third kappa shape index (κ3) is 5.68. The van der Waals surface area contributed by atoms with E-state index in [2.05, 4.69) is 4.74 Å². The van der Waals surface area contributed by atoms with E-state index in [1.165, 1.54) is 6.92 Å². The van der Waals surface area contributed by atoms with E-state index in [4.69, 9.17) is 10.2 Å². The van der Waals surface area contributed by atoms with Gasteiger partial charge in [0.2, 0.25) is 0 Å². The number of hydrogen-bond donors (Lipinski definition) is 2. The molecule has 0 heterocycles. The molecule has 0 spiro atoms. The zero-order valence-corrected chi connectivity index (χ0v) is 5.91. The standard InChI is InChI=1S/C6H12O4/c1-5(8)3-10-4-6(9)2-7/h6-7,9H,2-4H2,1H3/t6-/m1/s1. The van der Waals surface area contributed by atoms with Crippen LogP contribution in [0.2, 0.25) is 0 Å². The van der Waals surface area contributed by atoms with E-state index < -0.39 is 6.10 Å². The van der Waals surface area contributed by atoms with E-state index in [1.54, 1.807) is 0 Å². The average molecular weight is 148 g/mol. The van der Waals surface area contributed by atoms with Gasteiger partial charge < -0.3 is 14.9 Å².